The van der Waals surface area contributed by atoms with Crippen LogP contribution in [0.4, 0.5) is 0 Å². The van der Waals surface area contributed by atoms with E-state index in [2.05, 4.69) is 45.6 Å². The quantitative estimate of drug-likeness (QED) is 0.398. The van der Waals surface area contributed by atoms with Gasteiger partial charge in [-0.1, -0.05) is 72.0 Å². The molecule has 1 aliphatic heterocycles. The Kier molecular flexibility index (Phi) is 7.13. The number of nitrogens with zero attached hydrogens (tertiary/aromatic N) is 2. The fraction of sp³-hybridized carbons (Fsp3) is 0.765. The van der Waals surface area contributed by atoms with Crippen LogP contribution in [0.1, 0.15) is 93.4 Å². The average molecular weight is 539 g/mol. The fourth-order valence-corrected chi connectivity index (χ4v) is 10.7. The van der Waals surface area contributed by atoms with Gasteiger partial charge in [0.05, 0.1) is 18.9 Å². The van der Waals surface area contributed by atoms with Gasteiger partial charge in [-0.3, -0.25) is 20.4 Å². The van der Waals surface area contributed by atoms with E-state index in [1.807, 2.05) is 26.0 Å². The van der Waals surface area contributed by atoms with E-state index in [0.717, 1.165) is 57.4 Å². The molecular formula is C34H47LiN2O3. The Labute approximate surface area is 253 Å². The Balaban J connectivity index is 0.00000323. The second kappa shape index (κ2) is 9.41. The van der Waals surface area contributed by atoms with E-state index < -0.39 is 10.8 Å². The summed E-state index contributed by atoms with van der Waals surface area (Å²) in [5.74, 6) is 1.75. The van der Waals surface area contributed by atoms with Crippen molar-refractivity contribution >= 4 is 11.6 Å². The summed E-state index contributed by atoms with van der Waals surface area (Å²) in [5.41, 5.74) is 0.228. The second-order valence-electron chi connectivity index (χ2n) is 15.9. The van der Waals surface area contributed by atoms with Crippen LogP contribution in [0.25, 0.3) is 0 Å². The van der Waals surface area contributed by atoms with Crippen molar-refractivity contribution in [3.63, 3.8) is 0 Å². The summed E-state index contributed by atoms with van der Waals surface area (Å²) in [4.78, 5) is 30.3. The molecule has 212 valence electrons. The van der Waals surface area contributed by atoms with Crippen LogP contribution in [0.2, 0.25) is 0 Å². The van der Waals surface area contributed by atoms with Crippen molar-refractivity contribution in [3.05, 3.63) is 29.2 Å². The molecule has 0 aromatic heterocycles. The largest absolute Gasteiger partial charge is 1.00 e. The minimum atomic E-state index is -0.704. The summed E-state index contributed by atoms with van der Waals surface area (Å²) in [7, 11) is 0. The Bertz CT molecular complexity index is 1220. The molecule has 0 aromatic carbocycles. The molecule has 2 unspecified atom stereocenters. The zero-order chi connectivity index (χ0) is 28.2. The second-order valence-corrected chi connectivity index (χ2v) is 15.9. The first-order valence-corrected chi connectivity index (χ1v) is 15.2. The van der Waals surface area contributed by atoms with E-state index in [9.17, 15) is 14.9 Å². The summed E-state index contributed by atoms with van der Waals surface area (Å²) in [5, 5.41) is 9.93. The van der Waals surface area contributed by atoms with E-state index in [1.54, 1.807) is 0 Å². The van der Waals surface area contributed by atoms with E-state index in [1.165, 1.54) is 18.8 Å². The van der Waals surface area contributed by atoms with Crippen molar-refractivity contribution in [1.82, 2.24) is 4.90 Å². The molecule has 0 aromatic rings. The maximum absolute atomic E-state index is 14.6. The van der Waals surface area contributed by atoms with Crippen LogP contribution in [0.15, 0.2) is 23.3 Å². The standard InChI is InChI=1S/C34H47N2O3.Li/c1-29(2)10-12-34(20-36-14-15-39-21-36)13-11-33(7)27(23(34)18-29)24(37)16-26-31(5)17-22(19-35)28(38)30(3,4)25(31)8-9-32(26,33)6;/h16-17,23,27H,8-15,18,20-21H2,1-7H3;/q-1;+1/t23?,27?,31-,32+,33+,34+;/m0./s1. The van der Waals surface area contributed by atoms with Crippen molar-refractivity contribution in [1.29, 1.82) is 5.26 Å². The van der Waals surface area contributed by atoms with Crippen molar-refractivity contribution in [2.45, 2.75) is 93.4 Å². The third kappa shape index (κ3) is 3.92. The fourth-order valence-electron chi connectivity index (χ4n) is 10.7. The summed E-state index contributed by atoms with van der Waals surface area (Å²) in [6.45, 7) is 19.3. The molecule has 1 saturated heterocycles. The Hall–Kier alpha value is -1.17. The molecular weight excluding hydrogens is 491 g/mol. The summed E-state index contributed by atoms with van der Waals surface area (Å²) >= 11 is 0. The van der Waals surface area contributed by atoms with Crippen LogP contribution in [-0.2, 0) is 14.3 Å². The van der Waals surface area contributed by atoms with Crippen LogP contribution in [0.5, 0.6) is 0 Å². The van der Waals surface area contributed by atoms with Gasteiger partial charge in [-0.25, -0.2) is 0 Å². The van der Waals surface area contributed by atoms with E-state index in [-0.39, 0.29) is 57.8 Å². The Morgan fingerprint density at radius 1 is 1.05 bits per heavy atom. The van der Waals surface area contributed by atoms with E-state index >= 15 is 0 Å². The van der Waals surface area contributed by atoms with Gasteiger partial charge in [0.1, 0.15) is 11.9 Å². The van der Waals surface area contributed by atoms with Gasteiger partial charge >= 0.3 is 18.9 Å². The van der Waals surface area contributed by atoms with Gasteiger partial charge in [-0.05, 0) is 65.8 Å². The topological polar surface area (TPSA) is 70.4 Å². The zero-order valence-corrected chi connectivity index (χ0v) is 26.2. The first kappa shape index (κ1) is 30.3. The van der Waals surface area contributed by atoms with Crippen molar-refractivity contribution in [3.8, 4) is 6.07 Å². The number of carbonyl (C=O) groups is 2. The van der Waals surface area contributed by atoms with Crippen LogP contribution >= 0.6 is 0 Å². The number of carbonyl (C=O) groups excluding carboxylic acids is 2. The number of allylic oxidation sites excluding steroid dienone is 4. The molecule has 6 heteroatoms. The molecule has 0 bridgehead atoms. The number of ketones is 2. The molecule has 0 N–H and O–H groups in total. The maximum Gasteiger partial charge on any atom is 1.00 e. The summed E-state index contributed by atoms with van der Waals surface area (Å²) < 4.78 is 5.75. The van der Waals surface area contributed by atoms with Crippen LogP contribution in [0.3, 0.4) is 0 Å². The monoisotopic (exact) mass is 538 g/mol. The van der Waals surface area contributed by atoms with Crippen LogP contribution < -0.4 is 18.9 Å². The molecule has 0 spiro atoms. The van der Waals surface area contributed by atoms with Gasteiger partial charge in [-0.2, -0.15) is 11.7 Å². The predicted octanol–water partition coefficient (Wildman–Crippen LogP) is 3.46. The van der Waals surface area contributed by atoms with Crippen molar-refractivity contribution in [2.24, 2.45) is 44.3 Å². The molecule has 0 radical (unpaired) electrons. The van der Waals surface area contributed by atoms with Gasteiger partial charge in [-0.15, -0.1) is 5.41 Å². The van der Waals surface area contributed by atoms with Crippen LogP contribution in [-0.4, -0.2) is 42.9 Å². The molecule has 5 aliphatic carbocycles. The molecule has 6 rings (SSSR count). The molecule has 1 heterocycles. The minimum Gasteiger partial charge on any atom is -0.365 e. The Morgan fingerprint density at radius 3 is 2.40 bits per heavy atom. The number of rotatable bonds is 2. The summed E-state index contributed by atoms with van der Waals surface area (Å²) in [6.07, 6.45) is 11.5. The number of hydrogen-bond acceptors (Lipinski definition) is 5. The average Bonchev–Trinajstić information content (AvgIpc) is 3.36. The van der Waals surface area contributed by atoms with E-state index in [0.29, 0.717) is 18.4 Å². The molecule has 6 aliphatic rings. The number of nitriles is 1. The first-order valence-electron chi connectivity index (χ1n) is 15.2. The maximum atomic E-state index is 14.6. The number of Topliss-reactive ketones (excluding diaryl/α,β-unsaturated/α-hetero) is 1. The van der Waals surface area contributed by atoms with Gasteiger partial charge in [0.2, 0.25) is 0 Å². The number of ether oxygens (including phenoxy) is 1. The molecule has 6 atom stereocenters. The van der Waals surface area contributed by atoms with Crippen molar-refractivity contribution < 1.29 is 33.2 Å². The zero-order valence-electron chi connectivity index (χ0n) is 26.2. The molecule has 4 fully saturated rings. The SMILES string of the molecule is CC1(C)CC[C@]2(CN3CCOC3)CC[C@]3(C)C(C(=O)C=C4[C@@]5(C)C=C(C#N)C(=O)C(C)(C)[C-]5CC[C@]43C)C2C1.[Li+]. The van der Waals surface area contributed by atoms with Crippen LogP contribution in [0, 0.1) is 61.6 Å². The normalized spacial score (nSPS) is 44.1. The molecule has 5 nitrogen and oxygen atoms in total. The minimum absolute atomic E-state index is 0. The molecule has 40 heavy (non-hydrogen) atoms. The molecule has 3 saturated carbocycles. The van der Waals surface area contributed by atoms with Gasteiger partial charge in [0, 0.05) is 19.0 Å². The van der Waals surface area contributed by atoms with Gasteiger partial charge < -0.3 is 4.74 Å². The van der Waals surface area contributed by atoms with E-state index in [4.69, 9.17) is 4.74 Å². The third-order valence-corrected chi connectivity index (χ3v) is 13.1. The molecule has 0 amide bonds. The Morgan fingerprint density at radius 2 is 1.75 bits per heavy atom. The first-order chi connectivity index (χ1) is 18.1. The van der Waals surface area contributed by atoms with Gasteiger partial charge in [0.15, 0.2) is 5.78 Å². The predicted molar refractivity (Wildman–Crippen MR) is 151 cm³/mol. The third-order valence-electron chi connectivity index (χ3n) is 13.1. The number of hydrogen-bond donors (Lipinski definition) is 0. The van der Waals surface area contributed by atoms with Crippen molar-refractivity contribution in [2.75, 3.05) is 26.4 Å². The van der Waals surface area contributed by atoms with Gasteiger partial charge in [0.25, 0.3) is 0 Å². The number of fused-ring (bicyclic) bond motifs is 7. The smallest absolute Gasteiger partial charge is 0.365 e. The summed E-state index contributed by atoms with van der Waals surface area (Å²) in [6, 6.07) is 2.21.